The van der Waals surface area contributed by atoms with Gasteiger partial charge in [-0.05, 0) is 57.3 Å². The normalized spacial score (nSPS) is 16.4. The fourth-order valence-electron chi connectivity index (χ4n) is 3.35. The molecule has 7 heteroatoms. The number of pyridine rings is 1. The summed E-state index contributed by atoms with van der Waals surface area (Å²) in [5.41, 5.74) is 1.09. The molecule has 1 aliphatic heterocycles. The number of carbonyl (C=O) groups excluding carboxylic acids is 1. The fraction of sp³-hybridized carbons (Fsp3) is 0.400. The molecule has 0 spiro atoms. The zero-order chi connectivity index (χ0) is 19.4. The van der Waals surface area contributed by atoms with E-state index in [-0.39, 0.29) is 11.5 Å². The fourth-order valence-corrected chi connectivity index (χ4v) is 3.35. The summed E-state index contributed by atoms with van der Waals surface area (Å²) in [4.78, 5) is 20.4. The largest absolute Gasteiger partial charge is 0.377 e. The first-order chi connectivity index (χ1) is 13.0. The molecule has 1 amide bonds. The van der Waals surface area contributed by atoms with Gasteiger partial charge in [-0.3, -0.25) is 9.78 Å². The quantitative estimate of drug-likeness (QED) is 0.844. The van der Waals surface area contributed by atoms with Gasteiger partial charge in [0.15, 0.2) is 6.10 Å². The third-order valence-electron chi connectivity index (χ3n) is 4.97. The van der Waals surface area contributed by atoms with Crippen molar-refractivity contribution in [3.05, 3.63) is 54.1 Å². The lowest BCUT2D eigenvalue weighted by Gasteiger charge is -2.36. The topological polar surface area (TPSA) is 68.7 Å². The average molecular weight is 372 g/mol. The van der Waals surface area contributed by atoms with Gasteiger partial charge in [0.25, 0.3) is 5.91 Å². The molecule has 0 saturated carbocycles. The number of benzene rings is 1. The predicted octanol–water partition coefficient (Wildman–Crippen LogP) is 2.42. The maximum atomic E-state index is 14.6. The van der Waals surface area contributed by atoms with Crippen molar-refractivity contribution in [1.82, 2.24) is 9.88 Å². The molecule has 1 unspecified atom stereocenters. The standard InChI is InChI=1S/C20H25FN4O2/c1-24(2)15-8-11-25(12-9-15)18-7-6-14(13-16(18)21)23-20(27)19(26)17-5-3-4-10-22-17/h3-7,10,13,15,19,26H,8-9,11-12H2,1-2H3,(H,23,27). The van der Waals surface area contributed by atoms with E-state index in [0.29, 0.717) is 17.4 Å². The Bertz CT molecular complexity index is 777. The van der Waals surface area contributed by atoms with E-state index < -0.39 is 12.0 Å². The Labute approximate surface area is 158 Å². The van der Waals surface area contributed by atoms with Gasteiger partial charge in [0.1, 0.15) is 5.82 Å². The van der Waals surface area contributed by atoms with Crippen molar-refractivity contribution in [1.29, 1.82) is 0 Å². The number of nitrogens with one attached hydrogen (secondary N) is 1. The number of halogens is 1. The molecule has 0 bridgehead atoms. The molecule has 1 saturated heterocycles. The number of carbonyl (C=O) groups is 1. The van der Waals surface area contributed by atoms with Crippen molar-refractivity contribution >= 4 is 17.3 Å². The summed E-state index contributed by atoms with van der Waals surface area (Å²) in [6, 6.07) is 10.1. The van der Waals surface area contributed by atoms with E-state index in [2.05, 4.69) is 29.3 Å². The Morgan fingerprint density at radius 1 is 1.30 bits per heavy atom. The second kappa shape index (κ2) is 8.45. The number of nitrogens with zero attached hydrogens (tertiary/aromatic N) is 3. The van der Waals surface area contributed by atoms with E-state index in [1.54, 1.807) is 30.3 Å². The highest BCUT2D eigenvalue weighted by atomic mass is 19.1. The summed E-state index contributed by atoms with van der Waals surface area (Å²) in [7, 11) is 4.13. The average Bonchev–Trinajstić information content (AvgIpc) is 2.68. The maximum absolute atomic E-state index is 14.6. The van der Waals surface area contributed by atoms with Gasteiger partial charge in [0.05, 0.1) is 11.4 Å². The van der Waals surface area contributed by atoms with Crippen molar-refractivity contribution in [3.8, 4) is 0 Å². The summed E-state index contributed by atoms with van der Waals surface area (Å²) in [6.45, 7) is 1.59. The van der Waals surface area contributed by atoms with Gasteiger partial charge in [0, 0.05) is 31.0 Å². The number of anilines is 2. The van der Waals surface area contributed by atoms with Gasteiger partial charge in [-0.25, -0.2) is 4.39 Å². The van der Waals surface area contributed by atoms with E-state index in [1.165, 1.54) is 12.3 Å². The lowest BCUT2D eigenvalue weighted by atomic mass is 10.0. The molecule has 2 N–H and O–H groups in total. The van der Waals surface area contributed by atoms with Crippen LogP contribution in [0, 0.1) is 5.82 Å². The van der Waals surface area contributed by atoms with E-state index in [1.807, 2.05) is 4.90 Å². The molecule has 1 fully saturated rings. The number of aliphatic hydroxyl groups is 1. The van der Waals surface area contributed by atoms with E-state index >= 15 is 0 Å². The Balaban J connectivity index is 1.64. The monoisotopic (exact) mass is 372 g/mol. The van der Waals surface area contributed by atoms with E-state index in [4.69, 9.17) is 0 Å². The molecule has 1 atom stereocenters. The van der Waals surface area contributed by atoms with Crippen LogP contribution in [0.3, 0.4) is 0 Å². The molecular formula is C20H25FN4O2. The molecule has 3 rings (SSSR count). The zero-order valence-electron chi connectivity index (χ0n) is 15.6. The van der Waals surface area contributed by atoms with Crippen LogP contribution in [0.15, 0.2) is 42.6 Å². The maximum Gasteiger partial charge on any atom is 0.259 e. The summed E-state index contributed by atoms with van der Waals surface area (Å²) in [6.07, 6.45) is 2.07. The van der Waals surface area contributed by atoms with E-state index in [0.717, 1.165) is 25.9 Å². The SMILES string of the molecule is CN(C)C1CCN(c2ccc(NC(=O)C(O)c3ccccn3)cc2F)CC1. The lowest BCUT2D eigenvalue weighted by molar-refractivity contribution is -0.124. The minimum atomic E-state index is -1.40. The Morgan fingerprint density at radius 3 is 2.63 bits per heavy atom. The van der Waals surface area contributed by atoms with Gasteiger partial charge in [-0.15, -0.1) is 0 Å². The van der Waals surface area contributed by atoms with Crippen LogP contribution in [0.1, 0.15) is 24.6 Å². The van der Waals surface area contributed by atoms with Crippen LogP contribution in [0.4, 0.5) is 15.8 Å². The summed E-state index contributed by atoms with van der Waals surface area (Å²) < 4.78 is 14.6. The predicted molar refractivity (Wildman–Crippen MR) is 103 cm³/mol. The number of aromatic nitrogens is 1. The molecule has 144 valence electrons. The number of hydrogen-bond acceptors (Lipinski definition) is 5. The number of aliphatic hydroxyl groups excluding tert-OH is 1. The van der Waals surface area contributed by atoms with Gasteiger partial charge < -0.3 is 20.2 Å². The van der Waals surface area contributed by atoms with Crippen LogP contribution in [0.2, 0.25) is 0 Å². The molecule has 27 heavy (non-hydrogen) atoms. The summed E-state index contributed by atoms with van der Waals surface area (Å²) in [5.74, 6) is -1.03. The minimum absolute atomic E-state index is 0.246. The summed E-state index contributed by atoms with van der Waals surface area (Å²) in [5, 5.41) is 12.6. The summed E-state index contributed by atoms with van der Waals surface area (Å²) >= 11 is 0. The first kappa shape index (κ1) is 19.3. The van der Waals surface area contributed by atoms with Crippen molar-refractivity contribution in [2.45, 2.75) is 25.0 Å². The molecule has 0 radical (unpaired) electrons. The van der Waals surface area contributed by atoms with Gasteiger partial charge >= 0.3 is 0 Å². The van der Waals surface area contributed by atoms with Crippen molar-refractivity contribution in [2.75, 3.05) is 37.4 Å². The molecule has 1 aliphatic rings. The van der Waals surface area contributed by atoms with Crippen molar-refractivity contribution < 1.29 is 14.3 Å². The van der Waals surface area contributed by atoms with Gasteiger partial charge in [-0.2, -0.15) is 0 Å². The third-order valence-corrected chi connectivity index (χ3v) is 4.97. The lowest BCUT2D eigenvalue weighted by Crippen LogP contribution is -2.42. The molecule has 1 aromatic heterocycles. The van der Waals surface area contributed by atoms with Gasteiger partial charge in [0.2, 0.25) is 0 Å². The third kappa shape index (κ3) is 4.61. The molecule has 2 aromatic rings. The Kier molecular flexibility index (Phi) is 6.03. The van der Waals surface area contributed by atoms with Crippen LogP contribution < -0.4 is 10.2 Å². The minimum Gasteiger partial charge on any atom is -0.377 e. The highest BCUT2D eigenvalue weighted by Crippen LogP contribution is 2.27. The number of rotatable bonds is 5. The van der Waals surface area contributed by atoms with Crippen molar-refractivity contribution in [3.63, 3.8) is 0 Å². The zero-order valence-corrected chi connectivity index (χ0v) is 15.6. The Hall–Kier alpha value is -2.51. The van der Waals surface area contributed by atoms with E-state index in [9.17, 15) is 14.3 Å². The van der Waals surface area contributed by atoms with Crippen LogP contribution in [0.5, 0.6) is 0 Å². The number of piperidine rings is 1. The first-order valence-electron chi connectivity index (χ1n) is 9.06. The van der Waals surface area contributed by atoms with Crippen LogP contribution in [-0.4, -0.2) is 54.1 Å². The second-order valence-electron chi connectivity index (χ2n) is 6.99. The van der Waals surface area contributed by atoms with Crippen LogP contribution in [0.25, 0.3) is 0 Å². The Morgan fingerprint density at radius 2 is 2.04 bits per heavy atom. The van der Waals surface area contributed by atoms with Gasteiger partial charge in [-0.1, -0.05) is 6.07 Å². The molecule has 1 aromatic carbocycles. The molecule has 6 nitrogen and oxygen atoms in total. The molecular weight excluding hydrogens is 347 g/mol. The first-order valence-corrected chi connectivity index (χ1v) is 9.06. The molecule has 2 heterocycles. The number of hydrogen-bond donors (Lipinski definition) is 2. The number of amides is 1. The molecule has 0 aliphatic carbocycles. The smallest absolute Gasteiger partial charge is 0.259 e. The van der Waals surface area contributed by atoms with Crippen LogP contribution >= 0.6 is 0 Å². The highest BCUT2D eigenvalue weighted by molar-refractivity contribution is 5.94. The highest BCUT2D eigenvalue weighted by Gasteiger charge is 2.23. The van der Waals surface area contributed by atoms with Crippen LogP contribution in [-0.2, 0) is 4.79 Å². The van der Waals surface area contributed by atoms with Crippen molar-refractivity contribution in [2.24, 2.45) is 0 Å². The second-order valence-corrected chi connectivity index (χ2v) is 6.99.